The molecule has 0 bridgehead atoms. The maximum atomic E-state index is 12.9. The first kappa shape index (κ1) is 16.5. The fourth-order valence-electron chi connectivity index (χ4n) is 3.75. The zero-order chi connectivity index (χ0) is 17.6. The molecular formula is C17H19ClN4O3. The average molecular weight is 363 g/mol. The number of likely N-dealkylation sites (tertiary alicyclic amines) is 1. The van der Waals surface area contributed by atoms with Gasteiger partial charge in [0.25, 0.3) is 5.91 Å². The molecule has 2 saturated heterocycles. The van der Waals surface area contributed by atoms with Gasteiger partial charge in [0.05, 0.1) is 5.39 Å². The first-order valence-electron chi connectivity index (χ1n) is 8.46. The van der Waals surface area contributed by atoms with Crippen LogP contribution in [0.4, 0.5) is 0 Å². The number of aromatic nitrogens is 3. The molecule has 0 unspecified atom stereocenters. The summed E-state index contributed by atoms with van der Waals surface area (Å²) in [5.41, 5.74) is 0.441. The monoisotopic (exact) mass is 362 g/mol. The molecule has 7 nitrogen and oxygen atoms in total. The summed E-state index contributed by atoms with van der Waals surface area (Å²) in [5, 5.41) is 8.27. The molecule has 0 saturated carbocycles. The number of fused-ring (bicyclic) bond motifs is 1. The van der Waals surface area contributed by atoms with Gasteiger partial charge in [-0.25, -0.2) is 0 Å². The van der Waals surface area contributed by atoms with Crippen molar-refractivity contribution in [2.24, 2.45) is 5.41 Å². The number of hydrogen-bond acceptors (Lipinski definition) is 5. The van der Waals surface area contributed by atoms with Gasteiger partial charge in [0.15, 0.2) is 10.8 Å². The fraction of sp³-hybridized carbons (Fsp3) is 0.529. The van der Waals surface area contributed by atoms with Crippen molar-refractivity contribution in [3.8, 4) is 0 Å². The molecule has 2 aliphatic heterocycles. The minimum absolute atomic E-state index is 0.141. The van der Waals surface area contributed by atoms with Crippen molar-refractivity contribution in [3.05, 3.63) is 33.2 Å². The molecule has 0 atom stereocenters. The Morgan fingerprint density at radius 3 is 2.72 bits per heavy atom. The van der Waals surface area contributed by atoms with E-state index in [4.69, 9.17) is 16.3 Å². The van der Waals surface area contributed by atoms with E-state index in [2.05, 4.69) is 10.2 Å². The smallest absolute Gasteiger partial charge is 0.259 e. The zero-order valence-corrected chi connectivity index (χ0v) is 14.8. The number of amides is 1. The van der Waals surface area contributed by atoms with Crippen molar-refractivity contribution in [2.45, 2.75) is 26.3 Å². The van der Waals surface area contributed by atoms with Gasteiger partial charge in [-0.3, -0.25) is 9.59 Å². The van der Waals surface area contributed by atoms with Crippen LogP contribution in [-0.2, 0) is 11.3 Å². The Morgan fingerprint density at radius 1 is 1.32 bits per heavy atom. The Labute approximate surface area is 149 Å². The summed E-state index contributed by atoms with van der Waals surface area (Å²) in [5.74, 6) is -0.223. The Morgan fingerprint density at radius 2 is 2.04 bits per heavy atom. The molecule has 2 aromatic heterocycles. The Kier molecular flexibility index (Phi) is 4.00. The topological polar surface area (TPSA) is 77.3 Å². The van der Waals surface area contributed by atoms with Crippen LogP contribution in [0.25, 0.3) is 11.0 Å². The minimum Gasteiger partial charge on any atom is -0.381 e. The number of nitrogens with zero attached hydrogens (tertiary/aromatic N) is 4. The number of aryl methyl sites for hydroxylation is 1. The molecule has 2 aromatic rings. The van der Waals surface area contributed by atoms with E-state index >= 15 is 0 Å². The highest BCUT2D eigenvalue weighted by Crippen LogP contribution is 2.40. The average Bonchev–Trinajstić information content (AvgIpc) is 2.60. The maximum absolute atomic E-state index is 12.9. The van der Waals surface area contributed by atoms with E-state index in [0.29, 0.717) is 30.7 Å². The van der Waals surface area contributed by atoms with Gasteiger partial charge in [-0.15, -0.1) is 10.2 Å². The lowest BCUT2D eigenvalue weighted by atomic mass is 9.73. The van der Waals surface area contributed by atoms with Crippen molar-refractivity contribution in [2.75, 3.05) is 26.3 Å². The van der Waals surface area contributed by atoms with E-state index in [9.17, 15) is 9.59 Å². The first-order chi connectivity index (χ1) is 12.0. The number of rotatable bonds is 2. The second-order valence-electron chi connectivity index (χ2n) is 6.84. The molecule has 4 rings (SSSR count). The number of carbonyl (C=O) groups is 1. The van der Waals surface area contributed by atoms with Gasteiger partial charge in [0.1, 0.15) is 5.56 Å². The Bertz CT molecular complexity index is 897. The van der Waals surface area contributed by atoms with Crippen molar-refractivity contribution in [1.82, 2.24) is 19.7 Å². The highest BCUT2D eigenvalue weighted by molar-refractivity contribution is 6.29. The summed E-state index contributed by atoms with van der Waals surface area (Å²) < 4.78 is 7.17. The summed E-state index contributed by atoms with van der Waals surface area (Å²) in [6.07, 6.45) is 3.53. The van der Waals surface area contributed by atoms with Gasteiger partial charge in [0, 0.05) is 44.5 Å². The second-order valence-corrected chi connectivity index (χ2v) is 7.22. The quantitative estimate of drug-likeness (QED) is 0.812. The SMILES string of the molecule is CCn1cc(C(=O)N2CC3(CCOCC3)C2)c(=O)c2cc(Cl)nnc21. The molecule has 2 aliphatic rings. The molecule has 132 valence electrons. The summed E-state index contributed by atoms with van der Waals surface area (Å²) in [4.78, 5) is 27.4. The van der Waals surface area contributed by atoms with Crippen LogP contribution in [0.2, 0.25) is 5.15 Å². The third kappa shape index (κ3) is 2.71. The molecule has 0 radical (unpaired) electrons. The summed E-state index contributed by atoms with van der Waals surface area (Å²) in [6.45, 7) is 5.38. The molecule has 8 heteroatoms. The molecule has 4 heterocycles. The predicted octanol–water partition coefficient (Wildman–Crippen LogP) is 1.72. The Balaban J connectivity index is 1.68. The van der Waals surface area contributed by atoms with Gasteiger partial charge in [0.2, 0.25) is 5.43 Å². The number of pyridine rings is 1. The lowest BCUT2D eigenvalue weighted by Gasteiger charge is -2.52. The lowest BCUT2D eigenvalue weighted by Crippen LogP contribution is -2.60. The summed E-state index contributed by atoms with van der Waals surface area (Å²) in [7, 11) is 0. The molecule has 2 fully saturated rings. The van der Waals surface area contributed by atoms with Crippen LogP contribution in [0.5, 0.6) is 0 Å². The maximum Gasteiger partial charge on any atom is 0.259 e. The van der Waals surface area contributed by atoms with E-state index in [-0.39, 0.29) is 27.5 Å². The van der Waals surface area contributed by atoms with Gasteiger partial charge in [-0.1, -0.05) is 11.6 Å². The van der Waals surface area contributed by atoms with E-state index in [0.717, 1.165) is 26.1 Å². The number of ether oxygens (including phenoxy) is 1. The molecule has 1 spiro atoms. The molecule has 1 amide bonds. The van der Waals surface area contributed by atoms with Crippen LogP contribution >= 0.6 is 11.6 Å². The first-order valence-corrected chi connectivity index (χ1v) is 8.84. The highest BCUT2D eigenvalue weighted by Gasteiger charge is 2.46. The minimum atomic E-state index is -0.338. The van der Waals surface area contributed by atoms with Crippen LogP contribution in [0.1, 0.15) is 30.1 Å². The van der Waals surface area contributed by atoms with Gasteiger partial charge in [-0.05, 0) is 25.8 Å². The van der Waals surface area contributed by atoms with Gasteiger partial charge < -0.3 is 14.2 Å². The van der Waals surface area contributed by atoms with Crippen molar-refractivity contribution < 1.29 is 9.53 Å². The van der Waals surface area contributed by atoms with Gasteiger partial charge in [-0.2, -0.15) is 0 Å². The van der Waals surface area contributed by atoms with Crippen LogP contribution in [0.3, 0.4) is 0 Å². The number of halogens is 1. The van der Waals surface area contributed by atoms with Gasteiger partial charge >= 0.3 is 0 Å². The third-order valence-corrected chi connectivity index (χ3v) is 5.44. The van der Waals surface area contributed by atoms with Crippen LogP contribution < -0.4 is 5.43 Å². The van der Waals surface area contributed by atoms with Crippen molar-refractivity contribution in [3.63, 3.8) is 0 Å². The fourth-order valence-corrected chi connectivity index (χ4v) is 3.90. The number of carbonyl (C=O) groups excluding carboxylic acids is 1. The summed E-state index contributed by atoms with van der Waals surface area (Å²) in [6, 6.07) is 1.48. The second kappa shape index (κ2) is 6.07. The van der Waals surface area contributed by atoms with E-state index < -0.39 is 0 Å². The summed E-state index contributed by atoms with van der Waals surface area (Å²) >= 11 is 5.89. The van der Waals surface area contributed by atoms with E-state index in [1.807, 2.05) is 6.92 Å². The highest BCUT2D eigenvalue weighted by atomic mass is 35.5. The van der Waals surface area contributed by atoms with Crippen LogP contribution in [0.15, 0.2) is 17.1 Å². The van der Waals surface area contributed by atoms with E-state index in [1.54, 1.807) is 15.7 Å². The molecular weight excluding hydrogens is 344 g/mol. The largest absolute Gasteiger partial charge is 0.381 e. The number of hydrogen-bond donors (Lipinski definition) is 0. The van der Waals surface area contributed by atoms with E-state index in [1.165, 1.54) is 6.07 Å². The zero-order valence-electron chi connectivity index (χ0n) is 14.0. The molecule has 0 aliphatic carbocycles. The molecule has 25 heavy (non-hydrogen) atoms. The molecule has 0 aromatic carbocycles. The van der Waals surface area contributed by atoms with Crippen LogP contribution in [-0.4, -0.2) is 51.9 Å². The van der Waals surface area contributed by atoms with Crippen LogP contribution in [0, 0.1) is 5.41 Å². The third-order valence-electron chi connectivity index (χ3n) is 5.26. The normalized spacial score (nSPS) is 19.2. The molecule has 0 N–H and O–H groups in total. The predicted molar refractivity (Wildman–Crippen MR) is 92.9 cm³/mol. The van der Waals surface area contributed by atoms with Crippen molar-refractivity contribution in [1.29, 1.82) is 0 Å². The lowest BCUT2D eigenvalue weighted by molar-refractivity contribution is -0.0666. The van der Waals surface area contributed by atoms with Crippen molar-refractivity contribution >= 4 is 28.5 Å². The Hall–Kier alpha value is -1.99. The standard InChI is InChI=1S/C17H19ClN4O3/c1-2-21-8-12(14(23)11-7-13(18)19-20-15(11)21)16(24)22-9-17(10-22)3-5-25-6-4-17/h7-8H,2-6,9-10H2,1H3.